The Hall–Kier alpha value is -3.25. The van der Waals surface area contributed by atoms with Crippen LogP contribution >= 0.6 is 11.3 Å². The van der Waals surface area contributed by atoms with Crippen LogP contribution in [0.2, 0.25) is 0 Å². The molecular weight excluding hydrogens is 384 g/mol. The van der Waals surface area contributed by atoms with Gasteiger partial charge in [-0.1, -0.05) is 42.5 Å². The molecule has 146 valence electrons. The van der Waals surface area contributed by atoms with Crippen LogP contribution in [-0.4, -0.2) is 21.8 Å². The second kappa shape index (κ2) is 7.29. The molecule has 0 bridgehead atoms. The Labute approximate surface area is 173 Å². The normalized spacial score (nSPS) is 16.6. The number of hydrogen-bond acceptors (Lipinski definition) is 5. The number of hydrogen-bond donors (Lipinski definition) is 1. The second-order valence-electron chi connectivity index (χ2n) is 7.07. The van der Waals surface area contributed by atoms with Crippen molar-refractivity contribution in [1.29, 1.82) is 0 Å². The van der Waals surface area contributed by atoms with Gasteiger partial charge < -0.3 is 5.11 Å². The highest BCUT2D eigenvalue weighted by Gasteiger charge is 2.45. The highest BCUT2D eigenvalue weighted by Crippen LogP contribution is 2.42. The predicted octanol–water partition coefficient (Wildman–Crippen LogP) is 4.85. The molecule has 1 amide bonds. The molecule has 2 heterocycles. The number of carbonyl (C=O) groups is 2. The minimum Gasteiger partial charge on any atom is -0.503 e. The largest absolute Gasteiger partial charge is 0.503 e. The van der Waals surface area contributed by atoms with E-state index in [1.807, 2.05) is 68.4 Å². The number of aliphatic hydroxyl groups is 1. The van der Waals surface area contributed by atoms with Gasteiger partial charge in [0.15, 0.2) is 5.76 Å². The Morgan fingerprint density at radius 3 is 2.41 bits per heavy atom. The summed E-state index contributed by atoms with van der Waals surface area (Å²) < 4.78 is 0. The van der Waals surface area contributed by atoms with E-state index in [0.29, 0.717) is 16.3 Å². The topological polar surface area (TPSA) is 70.5 Å². The summed E-state index contributed by atoms with van der Waals surface area (Å²) in [4.78, 5) is 32.8. The van der Waals surface area contributed by atoms with Crippen molar-refractivity contribution in [3.63, 3.8) is 0 Å². The van der Waals surface area contributed by atoms with Crippen molar-refractivity contribution in [3.05, 3.63) is 92.6 Å². The third-order valence-corrected chi connectivity index (χ3v) is 6.03. The van der Waals surface area contributed by atoms with Crippen LogP contribution in [-0.2, 0) is 4.79 Å². The number of rotatable bonds is 4. The van der Waals surface area contributed by atoms with E-state index in [1.165, 1.54) is 16.2 Å². The van der Waals surface area contributed by atoms with Gasteiger partial charge >= 0.3 is 0 Å². The van der Waals surface area contributed by atoms with Crippen molar-refractivity contribution in [1.82, 2.24) is 4.98 Å². The molecule has 0 aliphatic carbocycles. The molecule has 1 aromatic heterocycles. The highest BCUT2D eigenvalue weighted by atomic mass is 32.1. The third-order valence-electron chi connectivity index (χ3n) is 4.96. The summed E-state index contributed by atoms with van der Waals surface area (Å²) >= 11 is 1.27. The molecule has 6 heteroatoms. The first-order valence-electron chi connectivity index (χ1n) is 9.25. The van der Waals surface area contributed by atoms with E-state index in [1.54, 1.807) is 6.92 Å². The van der Waals surface area contributed by atoms with Gasteiger partial charge in [0, 0.05) is 5.69 Å². The van der Waals surface area contributed by atoms with Crippen LogP contribution in [0.3, 0.4) is 0 Å². The maximum absolute atomic E-state index is 13.4. The van der Waals surface area contributed by atoms with Gasteiger partial charge in [-0.15, -0.1) is 11.3 Å². The Balaban J connectivity index is 1.90. The molecule has 0 fully saturated rings. The molecule has 0 saturated heterocycles. The van der Waals surface area contributed by atoms with Gasteiger partial charge in [0.1, 0.15) is 0 Å². The Morgan fingerprint density at radius 2 is 1.79 bits per heavy atom. The Kier molecular flexibility index (Phi) is 4.80. The number of thiazole rings is 1. The number of amides is 1. The molecule has 5 nitrogen and oxygen atoms in total. The monoisotopic (exact) mass is 404 g/mol. The summed E-state index contributed by atoms with van der Waals surface area (Å²) in [6, 6.07) is 16.1. The molecule has 1 aliphatic heterocycles. The highest BCUT2D eigenvalue weighted by molar-refractivity contribution is 7.14. The van der Waals surface area contributed by atoms with E-state index < -0.39 is 17.7 Å². The van der Waals surface area contributed by atoms with Crippen molar-refractivity contribution in [2.75, 3.05) is 4.90 Å². The first kappa shape index (κ1) is 19.1. The summed E-state index contributed by atoms with van der Waals surface area (Å²) in [6.07, 6.45) is 0. The van der Waals surface area contributed by atoms with E-state index in [-0.39, 0.29) is 11.4 Å². The molecule has 1 atom stereocenters. The third kappa shape index (κ3) is 3.25. The summed E-state index contributed by atoms with van der Waals surface area (Å²) in [6.45, 7) is 5.53. The molecule has 1 N–H and O–H groups in total. The maximum Gasteiger partial charge on any atom is 0.294 e. The molecule has 1 unspecified atom stereocenters. The molecule has 0 radical (unpaired) electrons. The molecule has 2 aromatic carbocycles. The van der Waals surface area contributed by atoms with E-state index in [9.17, 15) is 14.7 Å². The van der Waals surface area contributed by atoms with Gasteiger partial charge in [0.2, 0.25) is 5.78 Å². The van der Waals surface area contributed by atoms with Crippen molar-refractivity contribution in [3.8, 4) is 0 Å². The number of carbonyl (C=O) groups excluding carboxylic acids is 2. The summed E-state index contributed by atoms with van der Waals surface area (Å²) in [7, 11) is 0. The van der Waals surface area contributed by atoms with Gasteiger partial charge in [-0.05, 0) is 44.0 Å². The zero-order chi connectivity index (χ0) is 20.7. The van der Waals surface area contributed by atoms with Crippen LogP contribution in [0.5, 0.6) is 0 Å². The van der Waals surface area contributed by atoms with Crippen LogP contribution in [0.4, 0.5) is 5.69 Å². The number of benzene rings is 2. The van der Waals surface area contributed by atoms with Crippen molar-refractivity contribution >= 4 is 28.7 Å². The second-order valence-corrected chi connectivity index (χ2v) is 8.27. The summed E-state index contributed by atoms with van der Waals surface area (Å²) in [5.74, 6) is -1.44. The standard InChI is InChI=1S/C23H20N2O3S/c1-13-8-7-11-17(12-13)25-19(16-9-5-4-6-10-16)18(21(27)23(25)28)20(26)22-14(2)24-15(3)29-22/h4-12,19,27H,1-3H3. The molecule has 1 aliphatic rings. The lowest BCUT2D eigenvalue weighted by Gasteiger charge is -2.27. The molecule has 29 heavy (non-hydrogen) atoms. The number of Topliss-reactive ketones (excluding diaryl/α,β-unsaturated/α-hetero) is 1. The SMILES string of the molecule is Cc1cccc(N2C(=O)C(O)=C(C(=O)c3sc(C)nc3C)C2c2ccccc2)c1. The van der Waals surface area contributed by atoms with E-state index >= 15 is 0 Å². The maximum atomic E-state index is 13.4. The van der Waals surface area contributed by atoms with E-state index in [4.69, 9.17) is 0 Å². The van der Waals surface area contributed by atoms with Gasteiger partial charge in [-0.25, -0.2) is 4.98 Å². The lowest BCUT2D eigenvalue weighted by atomic mass is 9.95. The molecular formula is C23H20N2O3S. The number of nitrogens with zero attached hydrogens (tertiary/aromatic N) is 2. The Bertz CT molecular complexity index is 1150. The van der Waals surface area contributed by atoms with Gasteiger partial charge in [0.25, 0.3) is 5.91 Å². The Morgan fingerprint density at radius 1 is 1.07 bits per heavy atom. The van der Waals surface area contributed by atoms with Gasteiger partial charge in [-0.3, -0.25) is 14.5 Å². The lowest BCUT2D eigenvalue weighted by Crippen LogP contribution is -2.31. The smallest absolute Gasteiger partial charge is 0.294 e. The fourth-order valence-electron chi connectivity index (χ4n) is 3.70. The summed E-state index contributed by atoms with van der Waals surface area (Å²) in [5, 5.41) is 11.5. The first-order chi connectivity index (χ1) is 13.9. The minimum atomic E-state index is -0.709. The average molecular weight is 404 g/mol. The fourth-order valence-corrected chi connectivity index (χ4v) is 4.57. The quantitative estimate of drug-likeness (QED) is 0.631. The van der Waals surface area contributed by atoms with Crippen molar-refractivity contribution < 1.29 is 14.7 Å². The van der Waals surface area contributed by atoms with Gasteiger partial charge in [0.05, 0.1) is 27.2 Å². The first-order valence-corrected chi connectivity index (χ1v) is 10.1. The number of aromatic nitrogens is 1. The van der Waals surface area contributed by atoms with Crippen molar-refractivity contribution in [2.24, 2.45) is 0 Å². The molecule has 0 saturated carbocycles. The van der Waals surface area contributed by atoms with Gasteiger partial charge in [-0.2, -0.15) is 0 Å². The van der Waals surface area contributed by atoms with E-state index in [0.717, 1.165) is 16.1 Å². The number of anilines is 1. The minimum absolute atomic E-state index is 0.0921. The zero-order valence-corrected chi connectivity index (χ0v) is 17.2. The van der Waals surface area contributed by atoms with Crippen LogP contribution < -0.4 is 4.90 Å². The van der Waals surface area contributed by atoms with E-state index in [2.05, 4.69) is 4.98 Å². The molecule has 4 rings (SSSR count). The van der Waals surface area contributed by atoms with Crippen LogP contribution in [0.15, 0.2) is 65.9 Å². The lowest BCUT2D eigenvalue weighted by molar-refractivity contribution is -0.117. The molecule has 3 aromatic rings. The summed E-state index contributed by atoms with van der Waals surface area (Å²) in [5.41, 5.74) is 3.07. The van der Waals surface area contributed by atoms with Crippen LogP contribution in [0.1, 0.15) is 37.5 Å². The number of aryl methyl sites for hydroxylation is 3. The molecule has 0 spiro atoms. The number of aliphatic hydroxyl groups excluding tert-OH is 1. The zero-order valence-electron chi connectivity index (χ0n) is 16.3. The van der Waals surface area contributed by atoms with Crippen LogP contribution in [0, 0.1) is 20.8 Å². The predicted molar refractivity (Wildman–Crippen MR) is 113 cm³/mol. The fraction of sp³-hybridized carbons (Fsp3) is 0.174. The number of ketones is 1. The average Bonchev–Trinajstić information content (AvgIpc) is 3.18. The van der Waals surface area contributed by atoms with Crippen molar-refractivity contribution in [2.45, 2.75) is 26.8 Å². The van der Waals surface area contributed by atoms with Crippen LogP contribution in [0.25, 0.3) is 0 Å².